The lowest BCUT2D eigenvalue weighted by molar-refractivity contribution is 0.0566. The number of halogens is 3. The number of alkyl halides is 2. The molecule has 4 N–H and O–H groups in total. The molecule has 0 saturated carbocycles. The number of nitrogens with two attached hydrogens (primary N) is 1. The van der Waals surface area contributed by atoms with E-state index in [2.05, 4.69) is 15.4 Å². The molecule has 0 fully saturated rings. The van der Waals surface area contributed by atoms with E-state index in [9.17, 15) is 13.6 Å². The Kier molecular flexibility index (Phi) is 6.09. The van der Waals surface area contributed by atoms with Gasteiger partial charge in [-0.15, -0.1) is 0 Å². The molecule has 1 atom stereocenters. The first kappa shape index (κ1) is 23.4. The predicted molar refractivity (Wildman–Crippen MR) is 127 cm³/mol. The van der Waals surface area contributed by atoms with Crippen LogP contribution < -0.4 is 16.5 Å². The lowest BCUT2D eigenvalue weighted by Crippen LogP contribution is -2.18. The topological polar surface area (TPSA) is 123 Å². The number of amidine groups is 1. The van der Waals surface area contributed by atoms with Crippen LogP contribution in [0, 0.1) is 19.3 Å². The number of nitrogens with one attached hydrogen (secondary N) is 2. The largest absolute Gasteiger partial charge is 0.455 e. The molecule has 34 heavy (non-hydrogen) atoms. The summed E-state index contributed by atoms with van der Waals surface area (Å²) in [6, 6.07) is 6.40. The monoisotopic (exact) mass is 486 g/mol. The molecule has 4 aromatic rings. The summed E-state index contributed by atoms with van der Waals surface area (Å²) in [5.41, 5.74) is 8.42. The van der Waals surface area contributed by atoms with Gasteiger partial charge in [-0.1, -0.05) is 17.7 Å². The van der Waals surface area contributed by atoms with Gasteiger partial charge in [0, 0.05) is 17.3 Å². The molecule has 0 saturated heterocycles. The Morgan fingerprint density at radius 2 is 2.03 bits per heavy atom. The van der Waals surface area contributed by atoms with Gasteiger partial charge >= 0.3 is 6.55 Å². The highest BCUT2D eigenvalue weighted by Crippen LogP contribution is 2.33. The van der Waals surface area contributed by atoms with Gasteiger partial charge in [-0.3, -0.25) is 10.2 Å². The SMILES string of the molecule is Cc1cc([C@@H](C)Nc2ccc(Cl)nc2C(=N)N)c2oc(-c3cnn(C(F)F)c3)c(C)c(=O)c2c1. The second-order valence-corrected chi connectivity index (χ2v) is 8.30. The minimum Gasteiger partial charge on any atom is -0.455 e. The van der Waals surface area contributed by atoms with Crippen molar-refractivity contribution in [2.45, 2.75) is 33.4 Å². The number of fused-ring (bicyclic) bond motifs is 1. The van der Waals surface area contributed by atoms with Crippen LogP contribution in [-0.2, 0) is 0 Å². The summed E-state index contributed by atoms with van der Waals surface area (Å²) in [6.45, 7) is 2.48. The van der Waals surface area contributed by atoms with Crippen molar-refractivity contribution in [2.75, 3.05) is 5.32 Å². The van der Waals surface area contributed by atoms with Gasteiger partial charge in [0.15, 0.2) is 5.43 Å². The first-order valence-electron chi connectivity index (χ1n) is 10.2. The number of nitrogen functional groups attached to an aromatic ring is 1. The molecule has 0 aliphatic heterocycles. The standard InChI is InChI=1S/C23H21ClF2N6O2/c1-10-6-14(12(3)30-16-4-5-17(24)31-18(16)22(27)28)21-15(7-10)19(33)11(2)20(34-21)13-8-29-32(9-13)23(25)26/h4-9,12,23,30H,1-3H3,(H3,27,28)/t12-/m1/s1. The summed E-state index contributed by atoms with van der Waals surface area (Å²) in [6.07, 6.45) is 2.37. The van der Waals surface area contributed by atoms with Gasteiger partial charge in [-0.05, 0) is 44.5 Å². The lowest BCUT2D eigenvalue weighted by Gasteiger charge is -2.20. The Bertz CT molecular complexity index is 1480. The van der Waals surface area contributed by atoms with Crippen LogP contribution in [0.3, 0.4) is 0 Å². The highest BCUT2D eigenvalue weighted by molar-refractivity contribution is 6.29. The van der Waals surface area contributed by atoms with Gasteiger partial charge in [0.25, 0.3) is 0 Å². The van der Waals surface area contributed by atoms with Crippen LogP contribution >= 0.6 is 11.6 Å². The fraction of sp³-hybridized carbons (Fsp3) is 0.217. The maximum absolute atomic E-state index is 13.2. The number of aryl methyl sites for hydroxylation is 1. The number of pyridine rings is 1. The van der Waals surface area contributed by atoms with Crippen molar-refractivity contribution in [1.82, 2.24) is 14.8 Å². The minimum absolute atomic E-state index is 0.166. The van der Waals surface area contributed by atoms with Crippen LogP contribution in [-0.4, -0.2) is 20.6 Å². The van der Waals surface area contributed by atoms with Crippen molar-refractivity contribution in [3.63, 3.8) is 0 Å². The molecule has 176 valence electrons. The number of hydrogen-bond acceptors (Lipinski definition) is 6. The molecule has 3 aromatic heterocycles. The van der Waals surface area contributed by atoms with E-state index >= 15 is 0 Å². The van der Waals surface area contributed by atoms with Gasteiger partial charge < -0.3 is 15.5 Å². The third kappa shape index (κ3) is 4.24. The third-order valence-electron chi connectivity index (χ3n) is 5.41. The van der Waals surface area contributed by atoms with E-state index in [0.717, 1.165) is 11.8 Å². The van der Waals surface area contributed by atoms with Gasteiger partial charge in [0.1, 0.15) is 28.0 Å². The first-order chi connectivity index (χ1) is 16.1. The molecule has 3 heterocycles. The van der Waals surface area contributed by atoms with E-state index < -0.39 is 12.6 Å². The molecular weight excluding hydrogens is 466 g/mol. The van der Waals surface area contributed by atoms with E-state index in [-0.39, 0.29) is 33.4 Å². The van der Waals surface area contributed by atoms with Gasteiger partial charge in [0.2, 0.25) is 0 Å². The normalized spacial score (nSPS) is 12.3. The molecule has 0 aliphatic rings. The molecule has 0 radical (unpaired) electrons. The highest BCUT2D eigenvalue weighted by atomic mass is 35.5. The maximum Gasteiger partial charge on any atom is 0.333 e. The molecule has 11 heteroatoms. The van der Waals surface area contributed by atoms with E-state index in [4.69, 9.17) is 27.2 Å². The Morgan fingerprint density at radius 3 is 2.68 bits per heavy atom. The van der Waals surface area contributed by atoms with Crippen LogP contribution in [0.25, 0.3) is 22.3 Å². The van der Waals surface area contributed by atoms with E-state index in [1.54, 1.807) is 25.1 Å². The quantitative estimate of drug-likeness (QED) is 0.196. The zero-order valence-corrected chi connectivity index (χ0v) is 19.2. The van der Waals surface area contributed by atoms with Crippen molar-refractivity contribution < 1.29 is 13.2 Å². The Hall–Kier alpha value is -3.79. The summed E-state index contributed by atoms with van der Waals surface area (Å²) in [5, 5.41) is 15.2. The average molecular weight is 487 g/mol. The fourth-order valence-corrected chi connectivity index (χ4v) is 3.94. The summed E-state index contributed by atoms with van der Waals surface area (Å²) in [5.74, 6) is -0.0916. The second kappa shape index (κ2) is 8.86. The number of benzene rings is 1. The zero-order valence-electron chi connectivity index (χ0n) is 18.5. The Labute approximate surface area is 197 Å². The predicted octanol–water partition coefficient (Wildman–Crippen LogP) is 5.17. The second-order valence-electron chi connectivity index (χ2n) is 7.91. The van der Waals surface area contributed by atoms with Crippen molar-refractivity contribution in [2.24, 2.45) is 5.73 Å². The maximum atomic E-state index is 13.2. The minimum atomic E-state index is -2.81. The number of nitrogens with zero attached hydrogens (tertiary/aromatic N) is 3. The molecular formula is C23H21ClF2N6O2. The molecule has 1 aromatic carbocycles. The number of hydrogen-bond donors (Lipinski definition) is 3. The lowest BCUT2D eigenvalue weighted by atomic mass is 9.99. The molecule has 0 aliphatic carbocycles. The van der Waals surface area contributed by atoms with Crippen LogP contribution in [0.5, 0.6) is 0 Å². The van der Waals surface area contributed by atoms with Gasteiger partial charge in [-0.2, -0.15) is 13.9 Å². The molecule has 0 unspecified atom stereocenters. The summed E-state index contributed by atoms with van der Waals surface area (Å²) < 4.78 is 32.7. The van der Waals surface area contributed by atoms with Crippen LogP contribution in [0.2, 0.25) is 5.15 Å². The van der Waals surface area contributed by atoms with Gasteiger partial charge in [0.05, 0.1) is 28.9 Å². The first-order valence-corrected chi connectivity index (χ1v) is 10.6. The number of aromatic nitrogens is 3. The van der Waals surface area contributed by atoms with Crippen molar-refractivity contribution >= 4 is 34.1 Å². The fourth-order valence-electron chi connectivity index (χ4n) is 3.79. The molecule has 0 amide bonds. The summed E-state index contributed by atoms with van der Waals surface area (Å²) in [7, 11) is 0. The van der Waals surface area contributed by atoms with E-state index in [0.29, 0.717) is 32.5 Å². The highest BCUT2D eigenvalue weighted by Gasteiger charge is 2.21. The smallest absolute Gasteiger partial charge is 0.333 e. The van der Waals surface area contributed by atoms with E-state index in [1.165, 1.54) is 6.20 Å². The molecule has 0 bridgehead atoms. The molecule has 8 nitrogen and oxygen atoms in total. The summed E-state index contributed by atoms with van der Waals surface area (Å²) in [4.78, 5) is 17.3. The van der Waals surface area contributed by atoms with Gasteiger partial charge in [-0.25, -0.2) is 9.67 Å². The third-order valence-corrected chi connectivity index (χ3v) is 5.62. The number of rotatable bonds is 6. The van der Waals surface area contributed by atoms with Crippen molar-refractivity contribution in [1.29, 1.82) is 5.41 Å². The Balaban J connectivity index is 1.87. The molecule has 4 rings (SSSR count). The number of anilines is 1. The van der Waals surface area contributed by atoms with Crippen LogP contribution in [0.15, 0.2) is 45.9 Å². The van der Waals surface area contributed by atoms with Crippen molar-refractivity contribution in [3.05, 3.63) is 74.4 Å². The van der Waals surface area contributed by atoms with Crippen LogP contribution in [0.1, 0.15) is 41.9 Å². The Morgan fingerprint density at radius 1 is 1.29 bits per heavy atom. The van der Waals surface area contributed by atoms with E-state index in [1.807, 2.05) is 19.9 Å². The van der Waals surface area contributed by atoms with Crippen LogP contribution in [0.4, 0.5) is 14.5 Å². The zero-order chi connectivity index (χ0) is 24.7. The van der Waals surface area contributed by atoms with Crippen molar-refractivity contribution in [3.8, 4) is 11.3 Å². The average Bonchev–Trinajstić information content (AvgIpc) is 3.27. The summed E-state index contributed by atoms with van der Waals surface area (Å²) >= 11 is 5.95. The molecule has 0 spiro atoms.